The Bertz CT molecular complexity index is 481. The van der Waals surface area contributed by atoms with Gasteiger partial charge in [-0.3, -0.25) is 4.68 Å². The third kappa shape index (κ3) is 3.43. The van der Waals surface area contributed by atoms with Gasteiger partial charge in [0.05, 0.1) is 12.1 Å². The van der Waals surface area contributed by atoms with E-state index in [1.54, 1.807) is 6.20 Å². The Kier molecular flexibility index (Phi) is 4.97. The van der Waals surface area contributed by atoms with Crippen molar-refractivity contribution in [1.82, 2.24) is 15.1 Å². The van der Waals surface area contributed by atoms with Gasteiger partial charge in [0.25, 0.3) is 0 Å². The number of guanidine groups is 1. The van der Waals surface area contributed by atoms with Gasteiger partial charge >= 0.3 is 0 Å². The van der Waals surface area contributed by atoms with E-state index in [2.05, 4.69) is 15.4 Å². The van der Waals surface area contributed by atoms with Crippen molar-refractivity contribution < 1.29 is 4.74 Å². The molecule has 2 fully saturated rings. The fourth-order valence-electron chi connectivity index (χ4n) is 3.55. The molecule has 0 saturated heterocycles. The van der Waals surface area contributed by atoms with E-state index < -0.39 is 0 Å². The van der Waals surface area contributed by atoms with Crippen LogP contribution in [0.2, 0.25) is 0 Å². The van der Waals surface area contributed by atoms with E-state index >= 15 is 0 Å². The Balaban J connectivity index is 1.61. The molecular weight excluding hydrogens is 278 g/mol. The summed E-state index contributed by atoms with van der Waals surface area (Å²) in [6.45, 7) is 2.74. The molecule has 0 spiro atoms. The second-order valence-electron chi connectivity index (χ2n) is 6.27. The second kappa shape index (κ2) is 7.13. The summed E-state index contributed by atoms with van der Waals surface area (Å²) in [5, 5.41) is 7.74. The van der Waals surface area contributed by atoms with E-state index in [4.69, 9.17) is 10.5 Å². The highest BCUT2D eigenvalue weighted by atomic mass is 16.5. The molecule has 0 bridgehead atoms. The van der Waals surface area contributed by atoms with E-state index in [9.17, 15) is 0 Å². The number of hydrogen-bond donors (Lipinski definition) is 2. The number of hydrogen-bond acceptors (Lipinski definition) is 3. The summed E-state index contributed by atoms with van der Waals surface area (Å²) in [7, 11) is 0. The molecule has 2 aliphatic rings. The molecule has 3 atom stereocenters. The molecule has 0 radical (unpaired) electrons. The van der Waals surface area contributed by atoms with Gasteiger partial charge in [-0.2, -0.15) is 5.10 Å². The van der Waals surface area contributed by atoms with Crippen LogP contribution in [0.5, 0.6) is 0 Å². The topological polar surface area (TPSA) is 77.5 Å². The highest BCUT2D eigenvalue weighted by molar-refractivity contribution is 5.78. The third-order valence-electron chi connectivity index (χ3n) is 4.72. The minimum Gasteiger partial charge on any atom is -0.376 e. The van der Waals surface area contributed by atoms with Crippen LogP contribution in [0.25, 0.3) is 0 Å². The first-order valence-electron chi connectivity index (χ1n) is 8.48. The highest BCUT2D eigenvalue weighted by Gasteiger charge is 2.43. The molecule has 3 unspecified atom stereocenters. The first-order valence-corrected chi connectivity index (χ1v) is 8.48. The van der Waals surface area contributed by atoms with Crippen LogP contribution in [0.15, 0.2) is 23.5 Å². The van der Waals surface area contributed by atoms with Crippen molar-refractivity contribution >= 4 is 5.96 Å². The number of nitrogens with two attached hydrogens (primary N) is 1. The van der Waals surface area contributed by atoms with E-state index in [-0.39, 0.29) is 18.2 Å². The smallest absolute Gasteiger partial charge is 0.189 e. The number of aliphatic imine (C=N–C) groups is 1. The Morgan fingerprint density at radius 1 is 1.41 bits per heavy atom. The SMILES string of the molecule is CCOC1CC(N=C(N)NC2CCCCC2)C1n1cccn1. The summed E-state index contributed by atoms with van der Waals surface area (Å²) >= 11 is 0. The average molecular weight is 305 g/mol. The molecule has 122 valence electrons. The van der Waals surface area contributed by atoms with Crippen LogP contribution in [-0.2, 0) is 4.74 Å². The molecule has 22 heavy (non-hydrogen) atoms. The summed E-state index contributed by atoms with van der Waals surface area (Å²) in [4.78, 5) is 4.69. The molecule has 1 heterocycles. The zero-order valence-electron chi connectivity index (χ0n) is 13.3. The van der Waals surface area contributed by atoms with Crippen LogP contribution in [0.3, 0.4) is 0 Å². The monoisotopic (exact) mass is 305 g/mol. The largest absolute Gasteiger partial charge is 0.376 e. The summed E-state index contributed by atoms with van der Waals surface area (Å²) in [6, 6.07) is 2.73. The predicted molar refractivity (Wildman–Crippen MR) is 86.7 cm³/mol. The predicted octanol–water partition coefficient (Wildman–Crippen LogP) is 1.84. The Morgan fingerprint density at radius 3 is 2.91 bits per heavy atom. The van der Waals surface area contributed by atoms with Crippen LogP contribution in [0.1, 0.15) is 51.5 Å². The molecule has 0 aromatic carbocycles. The highest BCUT2D eigenvalue weighted by Crippen LogP contribution is 2.37. The van der Waals surface area contributed by atoms with Crippen molar-refractivity contribution in [1.29, 1.82) is 0 Å². The van der Waals surface area contributed by atoms with E-state index in [0.29, 0.717) is 18.6 Å². The van der Waals surface area contributed by atoms with Crippen molar-refractivity contribution in [3.8, 4) is 0 Å². The van der Waals surface area contributed by atoms with Gasteiger partial charge in [-0.15, -0.1) is 0 Å². The Morgan fingerprint density at radius 2 is 2.23 bits per heavy atom. The molecule has 2 saturated carbocycles. The molecular formula is C16H27N5O. The van der Waals surface area contributed by atoms with Crippen LogP contribution in [0, 0.1) is 0 Å². The van der Waals surface area contributed by atoms with Gasteiger partial charge in [-0.1, -0.05) is 19.3 Å². The van der Waals surface area contributed by atoms with Gasteiger partial charge < -0.3 is 15.8 Å². The zero-order chi connectivity index (χ0) is 15.4. The molecule has 3 rings (SSSR count). The minimum absolute atomic E-state index is 0.146. The zero-order valence-corrected chi connectivity index (χ0v) is 13.3. The van der Waals surface area contributed by atoms with Crippen molar-refractivity contribution in [2.75, 3.05) is 6.61 Å². The summed E-state index contributed by atoms with van der Waals surface area (Å²) in [5.74, 6) is 0.573. The molecule has 6 heteroatoms. The van der Waals surface area contributed by atoms with Crippen LogP contribution >= 0.6 is 0 Å². The number of aromatic nitrogens is 2. The average Bonchev–Trinajstić information content (AvgIpc) is 3.00. The van der Waals surface area contributed by atoms with Gasteiger partial charge in [-0.25, -0.2) is 4.99 Å². The fourth-order valence-corrected chi connectivity index (χ4v) is 3.55. The lowest BCUT2D eigenvalue weighted by Gasteiger charge is -2.42. The second-order valence-corrected chi connectivity index (χ2v) is 6.27. The normalized spacial score (nSPS) is 30.0. The van der Waals surface area contributed by atoms with E-state index in [1.807, 2.05) is 23.9 Å². The summed E-state index contributed by atoms with van der Waals surface area (Å²) in [5.41, 5.74) is 6.12. The summed E-state index contributed by atoms with van der Waals surface area (Å²) < 4.78 is 7.73. The quantitative estimate of drug-likeness (QED) is 0.643. The maximum Gasteiger partial charge on any atom is 0.189 e. The lowest BCUT2D eigenvalue weighted by molar-refractivity contribution is -0.0505. The minimum atomic E-state index is 0.146. The fraction of sp³-hybridized carbons (Fsp3) is 0.750. The lowest BCUT2D eigenvalue weighted by Crippen LogP contribution is -2.50. The molecule has 1 aromatic heterocycles. The molecule has 0 amide bonds. The molecule has 2 aliphatic carbocycles. The molecule has 1 aromatic rings. The first-order chi connectivity index (χ1) is 10.8. The van der Waals surface area contributed by atoms with Crippen LogP contribution in [0.4, 0.5) is 0 Å². The van der Waals surface area contributed by atoms with E-state index in [1.165, 1.54) is 32.1 Å². The maximum atomic E-state index is 6.12. The van der Waals surface area contributed by atoms with Crippen molar-refractivity contribution in [2.24, 2.45) is 10.7 Å². The Labute approximate surface area is 132 Å². The number of nitrogens with one attached hydrogen (secondary N) is 1. The number of rotatable bonds is 5. The van der Waals surface area contributed by atoms with Gasteiger partial charge in [-0.05, 0) is 25.8 Å². The number of nitrogens with zero attached hydrogens (tertiary/aromatic N) is 3. The third-order valence-corrected chi connectivity index (χ3v) is 4.72. The molecule has 0 aliphatic heterocycles. The van der Waals surface area contributed by atoms with Crippen LogP contribution in [-0.4, -0.2) is 40.5 Å². The maximum absolute atomic E-state index is 6.12. The molecule has 3 N–H and O–H groups in total. The van der Waals surface area contributed by atoms with Gasteiger partial charge in [0, 0.05) is 31.5 Å². The number of ether oxygens (including phenoxy) is 1. The van der Waals surface area contributed by atoms with E-state index in [0.717, 1.165) is 6.42 Å². The van der Waals surface area contributed by atoms with Gasteiger partial charge in [0.2, 0.25) is 0 Å². The van der Waals surface area contributed by atoms with Crippen molar-refractivity contribution in [3.63, 3.8) is 0 Å². The van der Waals surface area contributed by atoms with Gasteiger partial charge in [0.15, 0.2) is 5.96 Å². The summed E-state index contributed by atoms with van der Waals surface area (Å²) in [6.07, 6.45) is 11.2. The van der Waals surface area contributed by atoms with Crippen molar-refractivity contribution in [3.05, 3.63) is 18.5 Å². The van der Waals surface area contributed by atoms with Crippen molar-refractivity contribution in [2.45, 2.75) is 69.7 Å². The van der Waals surface area contributed by atoms with Gasteiger partial charge in [0.1, 0.15) is 6.04 Å². The molecule has 6 nitrogen and oxygen atoms in total. The lowest BCUT2D eigenvalue weighted by atomic mass is 9.83. The Hall–Kier alpha value is -1.56. The standard InChI is InChI=1S/C16H27N5O/c1-2-22-14-11-13(15(14)21-10-6-9-18-21)20-16(17)19-12-7-4-3-5-8-12/h6,9-10,12-15H,2-5,7-8,11H2,1H3,(H3,17,19,20). The van der Waals surface area contributed by atoms with Crippen LogP contribution < -0.4 is 11.1 Å². The first kappa shape index (κ1) is 15.3.